The Morgan fingerprint density at radius 1 is 1.02 bits per heavy atom. The topological polar surface area (TPSA) is 142 Å². The monoisotopic (exact) mass is 742 g/mol. The third kappa shape index (κ3) is 7.79. The number of phenolic OH excluding ortho intramolecular Hbond substituents is 1. The molecule has 0 amide bonds. The number of hydrogen-bond acceptors (Lipinski definition) is 10. The molecule has 2 bridgehead atoms. The van der Waals surface area contributed by atoms with Crippen molar-refractivity contribution >= 4 is 46.5 Å². The number of phenols is 1. The van der Waals surface area contributed by atoms with E-state index in [1.165, 1.54) is 38.7 Å². The third-order valence-corrected chi connectivity index (χ3v) is 11.2. The van der Waals surface area contributed by atoms with E-state index >= 15 is 0 Å². The standard InChI is InChI=1S/C36H37Cl2N3O8S/c1-47-30-7-6-21(13-31(30)48-2)25(15-27-28(37)17-41(46)18-29(27)38)26-14-24(50-34(26)35(43)44)16-39-33(22-4-3-5-23(42)12-22)36(45)49-32-19-40-10-8-20(32)9-11-40/h3-7,12-14,17-18,20,25,32-33,39H,8-11,15-16,19H2,1-2H3,(H2-,42,43,44,46)/p+1/t25-,32-,33?/m0/s1. The van der Waals surface area contributed by atoms with Crippen molar-refractivity contribution in [1.82, 2.24) is 10.2 Å². The van der Waals surface area contributed by atoms with Crippen LogP contribution in [0.2, 0.25) is 10.0 Å². The molecule has 0 saturated carbocycles. The highest BCUT2D eigenvalue weighted by Crippen LogP contribution is 2.41. The molecule has 2 aromatic carbocycles. The Bertz CT molecular complexity index is 1860. The number of thiophene rings is 1. The number of carbonyl (C=O) groups is 2. The number of pyridine rings is 1. The number of carboxylic acid groups (broad SMARTS) is 1. The minimum atomic E-state index is -1.12. The first-order chi connectivity index (χ1) is 24.0. The molecule has 14 heteroatoms. The maximum absolute atomic E-state index is 13.8. The van der Waals surface area contributed by atoms with E-state index in [-0.39, 0.29) is 39.7 Å². The normalized spacial score (nSPS) is 19.5. The molecule has 3 atom stereocenters. The van der Waals surface area contributed by atoms with Crippen LogP contribution in [0.15, 0.2) is 60.9 Å². The molecule has 3 aliphatic heterocycles. The zero-order valence-corrected chi connectivity index (χ0v) is 29.8. The van der Waals surface area contributed by atoms with Crippen molar-refractivity contribution in [2.24, 2.45) is 5.92 Å². The van der Waals surface area contributed by atoms with Crippen LogP contribution in [0, 0.1) is 5.92 Å². The number of benzene rings is 2. The van der Waals surface area contributed by atoms with E-state index in [4.69, 9.17) is 37.4 Å². The summed E-state index contributed by atoms with van der Waals surface area (Å²) in [5, 5.41) is 34.4. The van der Waals surface area contributed by atoms with Crippen molar-refractivity contribution in [3.63, 3.8) is 0 Å². The van der Waals surface area contributed by atoms with Crippen molar-refractivity contribution in [3.05, 3.63) is 103 Å². The molecule has 1 unspecified atom stereocenters. The smallest absolute Gasteiger partial charge is 0.346 e. The quantitative estimate of drug-likeness (QED) is 0.0750. The van der Waals surface area contributed by atoms with Gasteiger partial charge in [0, 0.05) is 34.2 Å². The van der Waals surface area contributed by atoms with Gasteiger partial charge < -0.3 is 24.4 Å². The fourth-order valence-electron chi connectivity index (χ4n) is 6.89. The molecule has 0 spiro atoms. The molecule has 264 valence electrons. The Balaban J connectivity index is 1.34. The summed E-state index contributed by atoms with van der Waals surface area (Å²) in [7, 11) is 3.04. The molecular weight excluding hydrogens is 705 g/mol. The first-order valence-electron chi connectivity index (χ1n) is 16.2. The molecule has 50 heavy (non-hydrogen) atoms. The van der Waals surface area contributed by atoms with E-state index in [0.29, 0.717) is 51.1 Å². The predicted molar refractivity (Wildman–Crippen MR) is 187 cm³/mol. The van der Waals surface area contributed by atoms with Gasteiger partial charge in [0.2, 0.25) is 12.4 Å². The molecule has 3 aliphatic rings. The Labute approximate surface area is 303 Å². The number of esters is 1. The van der Waals surface area contributed by atoms with E-state index in [1.54, 1.807) is 30.3 Å². The van der Waals surface area contributed by atoms with Gasteiger partial charge in [-0.05, 0) is 85.3 Å². The first-order valence-corrected chi connectivity index (χ1v) is 17.7. The molecule has 3 saturated heterocycles. The van der Waals surface area contributed by atoms with Gasteiger partial charge in [-0.25, -0.2) is 9.59 Å². The molecule has 5 heterocycles. The number of piperidine rings is 3. The Morgan fingerprint density at radius 2 is 1.74 bits per heavy atom. The molecule has 0 aliphatic carbocycles. The number of nitrogens with zero attached hydrogens (tertiary/aromatic N) is 2. The number of methoxy groups -OCH3 is 2. The number of carboxylic acids is 1. The summed E-state index contributed by atoms with van der Waals surface area (Å²) in [6.07, 6.45) is 4.57. The van der Waals surface area contributed by atoms with E-state index in [2.05, 4.69) is 10.2 Å². The largest absolute Gasteiger partial charge is 0.508 e. The lowest BCUT2D eigenvalue weighted by Crippen LogP contribution is -2.52. The van der Waals surface area contributed by atoms with Crippen molar-refractivity contribution < 1.29 is 44.0 Å². The second-order valence-corrected chi connectivity index (χ2v) is 14.5. The number of nitrogens with one attached hydrogen (secondary N) is 1. The fraction of sp³-hybridized carbons (Fsp3) is 0.361. The zero-order valence-electron chi connectivity index (χ0n) is 27.5. The fourth-order valence-corrected chi connectivity index (χ4v) is 8.51. The predicted octanol–water partition coefficient (Wildman–Crippen LogP) is 5.84. The van der Waals surface area contributed by atoms with Crippen LogP contribution in [0.5, 0.6) is 17.2 Å². The number of aromatic hydroxyl groups is 1. The lowest BCUT2D eigenvalue weighted by molar-refractivity contribution is -0.904. The van der Waals surface area contributed by atoms with Gasteiger partial charge in [0.05, 0.1) is 14.2 Å². The van der Waals surface area contributed by atoms with Gasteiger partial charge >= 0.3 is 11.9 Å². The summed E-state index contributed by atoms with van der Waals surface area (Å²) in [6.45, 7) is 2.85. The first kappa shape index (κ1) is 35.7. The number of fused-ring (bicyclic) bond motifs is 3. The molecule has 0 radical (unpaired) electrons. The van der Waals surface area contributed by atoms with Gasteiger partial charge in [0.15, 0.2) is 11.5 Å². The van der Waals surface area contributed by atoms with Gasteiger partial charge in [-0.2, -0.15) is 0 Å². The zero-order chi connectivity index (χ0) is 35.5. The molecular formula is C36H38Cl2N3O8S+. The number of ether oxygens (including phenoxy) is 3. The van der Waals surface area contributed by atoms with Crippen molar-refractivity contribution in [2.45, 2.75) is 43.9 Å². The second-order valence-electron chi connectivity index (χ2n) is 12.5. The van der Waals surface area contributed by atoms with Crippen molar-refractivity contribution in [1.29, 1.82) is 0 Å². The van der Waals surface area contributed by atoms with Crippen LogP contribution in [-0.4, -0.2) is 72.2 Å². The van der Waals surface area contributed by atoms with Gasteiger partial charge in [-0.1, -0.05) is 41.4 Å². The molecule has 4 aromatic rings. The van der Waals surface area contributed by atoms with Gasteiger partial charge in [-0.3, -0.25) is 15.4 Å². The summed E-state index contributed by atoms with van der Waals surface area (Å²) in [5.41, 5.74) is 2.27. The molecule has 4 N–H and O–H groups in total. The number of aromatic carboxylic acids is 1. The van der Waals surface area contributed by atoms with E-state index < -0.39 is 23.9 Å². The molecule has 7 rings (SSSR count). The summed E-state index contributed by atoms with van der Waals surface area (Å²) < 4.78 is 17.9. The van der Waals surface area contributed by atoms with Gasteiger partial charge in [0.1, 0.15) is 32.8 Å². The molecule has 3 fully saturated rings. The van der Waals surface area contributed by atoms with Crippen LogP contribution >= 0.6 is 34.5 Å². The number of aromatic nitrogens is 1. The lowest BCUT2D eigenvalue weighted by atomic mass is 9.85. The van der Waals surface area contributed by atoms with Crippen LogP contribution in [0.4, 0.5) is 0 Å². The Hall–Kier alpha value is -4.07. The average molecular weight is 744 g/mol. The lowest BCUT2D eigenvalue weighted by Gasteiger charge is -2.44. The maximum Gasteiger partial charge on any atom is 0.346 e. The van der Waals surface area contributed by atoms with Crippen molar-refractivity contribution in [2.75, 3.05) is 33.9 Å². The van der Waals surface area contributed by atoms with Crippen LogP contribution in [-0.2, 0) is 22.5 Å². The summed E-state index contributed by atoms with van der Waals surface area (Å²) >= 11 is 14.2. The van der Waals surface area contributed by atoms with Crippen LogP contribution in [0.3, 0.4) is 0 Å². The average Bonchev–Trinajstić information content (AvgIpc) is 3.52. The Morgan fingerprint density at radius 3 is 2.36 bits per heavy atom. The number of halogens is 2. The highest BCUT2D eigenvalue weighted by atomic mass is 35.5. The Kier molecular flexibility index (Phi) is 11.0. The van der Waals surface area contributed by atoms with Crippen LogP contribution in [0.1, 0.15) is 61.6 Å². The van der Waals surface area contributed by atoms with Crippen LogP contribution in [0.25, 0.3) is 0 Å². The number of rotatable bonds is 13. The number of hydrogen-bond donors (Lipinski definition) is 4. The third-order valence-electron chi connectivity index (χ3n) is 9.45. The SMILES string of the molecule is COc1ccc([C@H](Cc2c(Cl)c[n+](O)cc2Cl)c2cc(CNC(C(=O)O[C@H]3CN4CCC3CC4)c3cccc(O)c3)sc2C(=O)O)cc1OC. The summed E-state index contributed by atoms with van der Waals surface area (Å²) in [4.78, 5) is 29.6. The van der Waals surface area contributed by atoms with E-state index in [1.807, 2.05) is 6.07 Å². The number of carbonyl (C=O) groups excluding carboxylic acids is 1. The van der Waals surface area contributed by atoms with Gasteiger partial charge in [-0.15, -0.1) is 11.3 Å². The maximum atomic E-state index is 13.8. The van der Waals surface area contributed by atoms with Gasteiger partial charge in [0.25, 0.3) is 0 Å². The molecule has 2 aromatic heterocycles. The van der Waals surface area contributed by atoms with E-state index in [0.717, 1.165) is 42.0 Å². The summed E-state index contributed by atoms with van der Waals surface area (Å²) in [5.74, 6) is -0.858. The minimum Gasteiger partial charge on any atom is -0.508 e. The van der Waals surface area contributed by atoms with Crippen molar-refractivity contribution in [3.8, 4) is 17.2 Å². The van der Waals surface area contributed by atoms with E-state index in [9.17, 15) is 25.0 Å². The summed E-state index contributed by atoms with van der Waals surface area (Å²) in [6, 6.07) is 12.7. The van der Waals surface area contributed by atoms with Crippen LogP contribution < -0.4 is 19.5 Å². The highest BCUT2D eigenvalue weighted by molar-refractivity contribution is 7.14. The second kappa shape index (κ2) is 15.4. The molecule has 11 nitrogen and oxygen atoms in total. The highest BCUT2D eigenvalue weighted by Gasteiger charge is 2.38. The minimum absolute atomic E-state index is 0.0132.